The van der Waals surface area contributed by atoms with Gasteiger partial charge in [-0.3, -0.25) is 10.2 Å². The number of aromatic amines is 1. The molecule has 1 fully saturated rings. The summed E-state index contributed by atoms with van der Waals surface area (Å²) in [5.74, 6) is 1.16. The Balaban J connectivity index is 1.62. The van der Waals surface area contributed by atoms with Crippen LogP contribution in [0.4, 0.5) is 10.6 Å². The molecule has 35 heavy (non-hydrogen) atoms. The zero-order chi connectivity index (χ0) is 24.2. The normalized spacial score (nSPS) is 15.0. The van der Waals surface area contributed by atoms with Crippen LogP contribution in [-0.2, 0) is 4.74 Å². The molecular formula is C25H25ClN6O2S. The number of benzene rings is 1. The second-order valence-electron chi connectivity index (χ2n) is 8.33. The van der Waals surface area contributed by atoms with Crippen molar-refractivity contribution in [2.45, 2.75) is 25.3 Å². The van der Waals surface area contributed by atoms with Gasteiger partial charge >= 0.3 is 6.09 Å². The van der Waals surface area contributed by atoms with Gasteiger partial charge in [0.1, 0.15) is 12.1 Å². The number of aromatic nitrogens is 4. The van der Waals surface area contributed by atoms with Gasteiger partial charge in [0.25, 0.3) is 0 Å². The van der Waals surface area contributed by atoms with Crippen LogP contribution in [0.5, 0.6) is 0 Å². The number of H-pyrrole nitrogens is 1. The maximum atomic E-state index is 11.7. The van der Waals surface area contributed by atoms with Gasteiger partial charge in [0, 0.05) is 16.1 Å². The van der Waals surface area contributed by atoms with Gasteiger partial charge in [-0.15, -0.1) is 21.5 Å². The number of methoxy groups -OCH3 is 1. The van der Waals surface area contributed by atoms with Crippen LogP contribution >= 0.6 is 22.9 Å². The Bertz CT molecular complexity index is 1290. The van der Waals surface area contributed by atoms with Crippen LogP contribution in [0.15, 0.2) is 55.0 Å². The molecule has 180 valence electrons. The van der Waals surface area contributed by atoms with Crippen LogP contribution < -0.4 is 5.32 Å². The van der Waals surface area contributed by atoms with E-state index < -0.39 is 6.09 Å². The number of pyridine rings is 1. The van der Waals surface area contributed by atoms with Crippen molar-refractivity contribution in [3.63, 3.8) is 0 Å². The molecule has 1 aliphatic heterocycles. The Labute approximate surface area is 212 Å². The Kier molecular flexibility index (Phi) is 7.08. The van der Waals surface area contributed by atoms with Crippen LogP contribution in [0.25, 0.3) is 21.1 Å². The highest BCUT2D eigenvalue weighted by Gasteiger charge is 2.29. The summed E-state index contributed by atoms with van der Waals surface area (Å²) in [4.78, 5) is 23.7. The van der Waals surface area contributed by atoms with Gasteiger partial charge in [0.05, 0.1) is 18.0 Å². The number of hydrogen-bond donors (Lipinski definition) is 2. The van der Waals surface area contributed by atoms with E-state index in [9.17, 15) is 4.79 Å². The highest BCUT2D eigenvalue weighted by molar-refractivity contribution is 7.19. The van der Waals surface area contributed by atoms with E-state index in [2.05, 4.69) is 48.6 Å². The summed E-state index contributed by atoms with van der Waals surface area (Å²) < 4.78 is 4.71. The van der Waals surface area contributed by atoms with Gasteiger partial charge in [0.2, 0.25) is 0 Å². The van der Waals surface area contributed by atoms with Gasteiger partial charge < -0.3 is 9.72 Å². The third kappa shape index (κ3) is 5.22. The topological polar surface area (TPSA) is 96.0 Å². The van der Waals surface area contributed by atoms with Crippen LogP contribution in [0.3, 0.4) is 0 Å². The minimum absolute atomic E-state index is 0.0483. The van der Waals surface area contributed by atoms with E-state index in [4.69, 9.17) is 16.3 Å². The Morgan fingerprint density at radius 3 is 2.69 bits per heavy atom. The monoisotopic (exact) mass is 508 g/mol. The molecule has 10 heteroatoms. The summed E-state index contributed by atoms with van der Waals surface area (Å²) in [6.45, 7) is 2.05. The standard InChI is InChI=1S/C25H25ClN6O2S/c1-34-25(33)30-21-13-17(9-10-27-21)20-14-19(23(35-20)24-28-15-29-31-24)22(32-11-3-2-4-12-32)16-5-7-18(26)8-6-16/h5-10,13-15,22H,2-4,11-12H2,1H3,(H,27,30,33)(H,28,29,31). The lowest BCUT2D eigenvalue weighted by Crippen LogP contribution is -2.34. The van der Waals surface area contributed by atoms with E-state index in [1.807, 2.05) is 24.3 Å². The SMILES string of the molecule is COC(=O)Nc1cc(-c2cc(C(c3ccc(Cl)cc3)N3CCCCC3)c(-c3nnc[nH]3)s2)ccn1. The van der Waals surface area contributed by atoms with E-state index in [1.165, 1.54) is 31.9 Å². The lowest BCUT2D eigenvalue weighted by atomic mass is 9.94. The van der Waals surface area contributed by atoms with Crippen LogP contribution in [0, 0.1) is 0 Å². The molecule has 5 rings (SSSR count). The van der Waals surface area contributed by atoms with Crippen molar-refractivity contribution >= 4 is 34.8 Å². The van der Waals surface area contributed by atoms with Crippen LogP contribution in [0.2, 0.25) is 5.02 Å². The maximum Gasteiger partial charge on any atom is 0.412 e. The summed E-state index contributed by atoms with van der Waals surface area (Å²) in [5, 5.41) is 11.7. The average Bonchev–Trinajstić information content (AvgIpc) is 3.57. The first-order valence-electron chi connectivity index (χ1n) is 11.4. The average molecular weight is 509 g/mol. The first-order valence-corrected chi connectivity index (χ1v) is 12.6. The molecule has 1 aliphatic rings. The molecule has 4 heterocycles. The number of thiophene rings is 1. The lowest BCUT2D eigenvalue weighted by molar-refractivity contribution is 0.187. The number of likely N-dealkylation sites (tertiary alicyclic amines) is 1. The van der Waals surface area contributed by atoms with Crippen molar-refractivity contribution in [1.29, 1.82) is 0 Å². The third-order valence-corrected chi connectivity index (χ3v) is 7.55. The van der Waals surface area contributed by atoms with E-state index in [0.29, 0.717) is 5.82 Å². The number of nitrogens with one attached hydrogen (secondary N) is 2. The largest absolute Gasteiger partial charge is 0.453 e. The maximum absolute atomic E-state index is 11.7. The third-order valence-electron chi connectivity index (χ3n) is 6.09. The highest BCUT2D eigenvalue weighted by atomic mass is 35.5. The van der Waals surface area contributed by atoms with Gasteiger partial charge in [0.15, 0.2) is 5.82 Å². The molecule has 0 bridgehead atoms. The number of halogens is 1. The minimum atomic E-state index is -0.559. The molecule has 1 atom stereocenters. The molecule has 1 unspecified atom stereocenters. The number of carbonyl (C=O) groups excluding carboxylic acids is 1. The molecule has 0 spiro atoms. The summed E-state index contributed by atoms with van der Waals surface area (Å²) >= 11 is 7.86. The van der Waals surface area contributed by atoms with Crippen LogP contribution in [-0.4, -0.2) is 51.4 Å². The molecule has 3 aromatic heterocycles. The van der Waals surface area contributed by atoms with Crippen molar-refractivity contribution < 1.29 is 9.53 Å². The molecule has 1 amide bonds. The van der Waals surface area contributed by atoms with E-state index in [1.54, 1.807) is 23.9 Å². The zero-order valence-corrected chi connectivity index (χ0v) is 20.8. The number of rotatable bonds is 6. The first-order chi connectivity index (χ1) is 17.1. The van der Waals surface area contributed by atoms with Crippen molar-refractivity contribution in [3.05, 3.63) is 71.1 Å². The van der Waals surface area contributed by atoms with Crippen molar-refractivity contribution in [2.24, 2.45) is 0 Å². The van der Waals surface area contributed by atoms with Crippen molar-refractivity contribution in [2.75, 3.05) is 25.5 Å². The van der Waals surface area contributed by atoms with Gasteiger partial charge in [-0.1, -0.05) is 30.2 Å². The van der Waals surface area contributed by atoms with Crippen molar-refractivity contribution in [3.8, 4) is 21.1 Å². The molecular weight excluding hydrogens is 484 g/mol. The van der Waals surface area contributed by atoms with Gasteiger partial charge in [-0.25, -0.2) is 9.78 Å². The summed E-state index contributed by atoms with van der Waals surface area (Å²) in [7, 11) is 1.33. The number of anilines is 1. The Morgan fingerprint density at radius 2 is 1.97 bits per heavy atom. The van der Waals surface area contributed by atoms with E-state index >= 15 is 0 Å². The Hall–Kier alpha value is -3.27. The lowest BCUT2D eigenvalue weighted by Gasteiger charge is -2.35. The number of piperidine rings is 1. The predicted molar refractivity (Wildman–Crippen MR) is 138 cm³/mol. The number of hydrogen-bond acceptors (Lipinski definition) is 7. The van der Waals surface area contributed by atoms with Gasteiger partial charge in [-0.05, 0) is 73.0 Å². The fraction of sp³-hybridized carbons (Fsp3) is 0.280. The zero-order valence-electron chi connectivity index (χ0n) is 19.2. The quantitative estimate of drug-likeness (QED) is 0.331. The fourth-order valence-corrected chi connectivity index (χ4v) is 5.73. The first kappa shape index (κ1) is 23.5. The van der Waals surface area contributed by atoms with E-state index in [0.717, 1.165) is 44.8 Å². The molecule has 2 N–H and O–H groups in total. The predicted octanol–water partition coefficient (Wildman–Crippen LogP) is 6.00. The molecule has 0 aliphatic carbocycles. The smallest absolute Gasteiger partial charge is 0.412 e. The molecule has 0 saturated carbocycles. The summed E-state index contributed by atoms with van der Waals surface area (Å²) in [5.41, 5.74) is 3.28. The number of carbonyl (C=O) groups is 1. The number of nitrogens with zero attached hydrogens (tertiary/aromatic N) is 4. The number of amides is 1. The second-order valence-corrected chi connectivity index (χ2v) is 9.82. The Morgan fingerprint density at radius 1 is 1.17 bits per heavy atom. The van der Waals surface area contributed by atoms with E-state index in [-0.39, 0.29) is 6.04 Å². The second kappa shape index (κ2) is 10.6. The van der Waals surface area contributed by atoms with Crippen molar-refractivity contribution in [1.82, 2.24) is 25.1 Å². The van der Waals surface area contributed by atoms with Gasteiger partial charge in [-0.2, -0.15) is 0 Å². The van der Waals surface area contributed by atoms with Crippen LogP contribution in [0.1, 0.15) is 36.4 Å². The summed E-state index contributed by atoms with van der Waals surface area (Å²) in [6, 6.07) is 14.1. The highest BCUT2D eigenvalue weighted by Crippen LogP contribution is 2.44. The minimum Gasteiger partial charge on any atom is -0.453 e. The molecule has 1 saturated heterocycles. The number of ether oxygens (including phenoxy) is 1. The molecule has 0 radical (unpaired) electrons. The molecule has 4 aromatic rings. The summed E-state index contributed by atoms with van der Waals surface area (Å²) in [6.07, 6.45) is 6.31. The fourth-order valence-electron chi connectivity index (χ4n) is 4.47. The molecule has 1 aromatic carbocycles. The molecule has 8 nitrogen and oxygen atoms in total.